The summed E-state index contributed by atoms with van der Waals surface area (Å²) in [6, 6.07) is 3.47. The van der Waals surface area contributed by atoms with Gasteiger partial charge in [-0.25, -0.2) is 8.78 Å². The fourth-order valence-corrected chi connectivity index (χ4v) is 4.06. The molecule has 184 valence electrons. The first kappa shape index (κ1) is 25.6. The fourth-order valence-electron chi connectivity index (χ4n) is 4.06. The lowest BCUT2D eigenvalue weighted by molar-refractivity contribution is -0.223. The van der Waals surface area contributed by atoms with E-state index >= 15 is 0 Å². The Bertz CT molecular complexity index is 1040. The summed E-state index contributed by atoms with van der Waals surface area (Å²) < 4.78 is 104. The van der Waals surface area contributed by atoms with Gasteiger partial charge in [-0.05, 0) is 74.3 Å². The molecule has 9 heteroatoms. The van der Waals surface area contributed by atoms with Crippen LogP contribution >= 0.6 is 0 Å². The second-order valence-corrected chi connectivity index (χ2v) is 8.17. The molecule has 0 aromatic heterocycles. The standard InChI is InChI=1S/C25H23F7O2/c1-2-3-4-15-5-8-17(9-6-15)25(31,32)34-18-10-11-19(20(26)14-18)16-7-12-22(21(27)13-16)33-24(30)23(28)29/h2,7,10-15,17H,1,3-6,8-9H2. The van der Waals surface area contributed by atoms with E-state index in [2.05, 4.69) is 11.3 Å². The maximum atomic E-state index is 14.7. The zero-order valence-corrected chi connectivity index (χ0v) is 18.1. The van der Waals surface area contributed by atoms with Crippen LogP contribution in [0.1, 0.15) is 38.5 Å². The number of hydrogen-bond donors (Lipinski definition) is 0. The first-order valence-electron chi connectivity index (χ1n) is 10.8. The zero-order valence-electron chi connectivity index (χ0n) is 18.1. The second-order valence-electron chi connectivity index (χ2n) is 8.17. The fraction of sp³-hybridized carbons (Fsp3) is 0.360. The van der Waals surface area contributed by atoms with Gasteiger partial charge in [-0.2, -0.15) is 22.0 Å². The van der Waals surface area contributed by atoms with E-state index in [1.165, 1.54) is 0 Å². The molecule has 1 aliphatic rings. The van der Waals surface area contributed by atoms with E-state index in [4.69, 9.17) is 4.74 Å². The molecular formula is C25H23F7O2. The van der Waals surface area contributed by atoms with E-state index in [1.54, 1.807) is 0 Å². The van der Waals surface area contributed by atoms with Crippen LogP contribution in [0.5, 0.6) is 11.5 Å². The molecule has 0 amide bonds. The molecule has 1 aliphatic carbocycles. The smallest absolute Gasteiger partial charge is 0.400 e. The van der Waals surface area contributed by atoms with Crippen molar-refractivity contribution in [2.75, 3.05) is 0 Å². The van der Waals surface area contributed by atoms with Crippen LogP contribution in [0.4, 0.5) is 30.7 Å². The quantitative estimate of drug-likeness (QED) is 0.200. The number of benzene rings is 2. The summed E-state index contributed by atoms with van der Waals surface area (Å²) in [5, 5.41) is 0. The minimum absolute atomic E-state index is 0.0383. The third-order valence-electron chi connectivity index (χ3n) is 5.89. The van der Waals surface area contributed by atoms with Crippen LogP contribution in [0, 0.1) is 23.5 Å². The van der Waals surface area contributed by atoms with Crippen LogP contribution in [-0.4, -0.2) is 6.11 Å². The summed E-state index contributed by atoms with van der Waals surface area (Å²) in [5.74, 6) is -4.00. The van der Waals surface area contributed by atoms with E-state index < -0.39 is 41.5 Å². The number of ether oxygens (including phenoxy) is 2. The molecule has 1 fully saturated rings. The minimum Gasteiger partial charge on any atom is -0.432 e. The minimum atomic E-state index is -3.48. The van der Waals surface area contributed by atoms with Gasteiger partial charge in [0.05, 0.1) is 5.92 Å². The summed E-state index contributed by atoms with van der Waals surface area (Å²) in [4.78, 5) is 0. The molecule has 0 bridgehead atoms. The maximum Gasteiger partial charge on any atom is 0.400 e. The van der Waals surface area contributed by atoms with Crippen molar-refractivity contribution in [1.29, 1.82) is 0 Å². The molecule has 2 nitrogen and oxygen atoms in total. The molecule has 0 saturated heterocycles. The predicted octanol–water partition coefficient (Wildman–Crippen LogP) is 8.79. The SMILES string of the molecule is C=CCCC1CCC(C(F)(F)Oc2ccc(-c3ccc(OC(F)=C(F)F)c(F)c3)c(F)c2)CC1. The van der Waals surface area contributed by atoms with E-state index in [9.17, 15) is 30.7 Å². The van der Waals surface area contributed by atoms with Crippen molar-refractivity contribution in [2.24, 2.45) is 11.8 Å². The summed E-state index contributed by atoms with van der Waals surface area (Å²) in [6.45, 7) is 3.67. The van der Waals surface area contributed by atoms with Crippen LogP contribution < -0.4 is 9.47 Å². The van der Waals surface area contributed by atoms with Gasteiger partial charge in [-0.3, -0.25) is 0 Å². The molecule has 0 atom stereocenters. The third kappa shape index (κ3) is 6.33. The molecule has 0 unspecified atom stereocenters. The van der Waals surface area contributed by atoms with Gasteiger partial charge in [0.1, 0.15) is 11.6 Å². The van der Waals surface area contributed by atoms with Crippen molar-refractivity contribution in [3.63, 3.8) is 0 Å². The van der Waals surface area contributed by atoms with Crippen LogP contribution in [0.3, 0.4) is 0 Å². The van der Waals surface area contributed by atoms with Gasteiger partial charge >= 0.3 is 18.2 Å². The van der Waals surface area contributed by atoms with Crippen molar-refractivity contribution in [2.45, 2.75) is 44.6 Å². The van der Waals surface area contributed by atoms with Crippen molar-refractivity contribution in [3.8, 4) is 22.6 Å². The molecule has 1 saturated carbocycles. The van der Waals surface area contributed by atoms with Gasteiger partial charge in [-0.15, -0.1) is 6.58 Å². The summed E-state index contributed by atoms with van der Waals surface area (Å²) in [7, 11) is 0. The summed E-state index contributed by atoms with van der Waals surface area (Å²) in [6.07, 6.45) is -0.755. The van der Waals surface area contributed by atoms with E-state index in [1.807, 2.05) is 6.08 Å². The Hall–Kier alpha value is -2.97. The topological polar surface area (TPSA) is 18.5 Å². The van der Waals surface area contributed by atoms with Crippen LogP contribution in [0.25, 0.3) is 11.1 Å². The van der Waals surface area contributed by atoms with Crippen LogP contribution in [0.15, 0.2) is 61.1 Å². The lowest BCUT2D eigenvalue weighted by atomic mass is 9.79. The Labute approximate surface area is 192 Å². The van der Waals surface area contributed by atoms with Crippen LogP contribution in [-0.2, 0) is 0 Å². The number of allylic oxidation sites excluding steroid dienone is 1. The van der Waals surface area contributed by atoms with Gasteiger partial charge in [0.2, 0.25) is 0 Å². The van der Waals surface area contributed by atoms with Gasteiger partial charge in [0, 0.05) is 11.6 Å². The van der Waals surface area contributed by atoms with Crippen molar-refractivity contribution < 1.29 is 40.2 Å². The normalized spacial score (nSPS) is 18.3. The number of rotatable bonds is 9. The third-order valence-corrected chi connectivity index (χ3v) is 5.89. The van der Waals surface area contributed by atoms with Crippen molar-refractivity contribution >= 4 is 0 Å². The van der Waals surface area contributed by atoms with Crippen molar-refractivity contribution in [3.05, 3.63) is 72.8 Å². The number of alkyl halides is 2. The van der Waals surface area contributed by atoms with Gasteiger partial charge < -0.3 is 9.47 Å². The Morgan fingerprint density at radius 1 is 0.971 bits per heavy atom. The highest BCUT2D eigenvalue weighted by molar-refractivity contribution is 5.66. The molecule has 2 aromatic carbocycles. The molecular weight excluding hydrogens is 465 g/mol. The summed E-state index contributed by atoms with van der Waals surface area (Å²) in [5.41, 5.74) is -0.194. The van der Waals surface area contributed by atoms with E-state index in [0.29, 0.717) is 31.6 Å². The summed E-state index contributed by atoms with van der Waals surface area (Å²) >= 11 is 0. The molecule has 0 N–H and O–H groups in total. The largest absolute Gasteiger partial charge is 0.432 e. The lowest BCUT2D eigenvalue weighted by Gasteiger charge is -2.33. The molecule has 34 heavy (non-hydrogen) atoms. The zero-order chi connectivity index (χ0) is 24.9. The highest BCUT2D eigenvalue weighted by Gasteiger charge is 2.44. The molecule has 0 radical (unpaired) electrons. The Morgan fingerprint density at radius 2 is 1.68 bits per heavy atom. The highest BCUT2D eigenvalue weighted by Crippen LogP contribution is 2.41. The lowest BCUT2D eigenvalue weighted by Crippen LogP contribution is -2.37. The monoisotopic (exact) mass is 488 g/mol. The first-order valence-corrected chi connectivity index (χ1v) is 10.8. The Balaban J connectivity index is 1.69. The Morgan fingerprint density at radius 3 is 2.26 bits per heavy atom. The van der Waals surface area contributed by atoms with E-state index in [0.717, 1.165) is 49.2 Å². The number of hydrogen-bond acceptors (Lipinski definition) is 2. The highest BCUT2D eigenvalue weighted by atomic mass is 19.3. The van der Waals surface area contributed by atoms with Gasteiger partial charge in [0.15, 0.2) is 11.6 Å². The van der Waals surface area contributed by atoms with E-state index in [-0.39, 0.29) is 16.9 Å². The first-order chi connectivity index (χ1) is 16.1. The van der Waals surface area contributed by atoms with Crippen molar-refractivity contribution in [1.82, 2.24) is 0 Å². The predicted molar refractivity (Wildman–Crippen MR) is 113 cm³/mol. The van der Waals surface area contributed by atoms with Gasteiger partial charge in [0.25, 0.3) is 0 Å². The molecule has 2 aromatic rings. The molecule has 0 aliphatic heterocycles. The molecule has 0 spiro atoms. The maximum absolute atomic E-state index is 14.7. The Kier molecular flexibility index (Phi) is 8.28. The molecule has 0 heterocycles. The van der Waals surface area contributed by atoms with Gasteiger partial charge in [-0.1, -0.05) is 12.1 Å². The van der Waals surface area contributed by atoms with Crippen LogP contribution in [0.2, 0.25) is 0 Å². The molecule has 3 rings (SSSR count). The average Bonchev–Trinajstić information content (AvgIpc) is 2.79. The average molecular weight is 488 g/mol. The second kappa shape index (κ2) is 11.0. The number of halogens is 7.